The van der Waals surface area contributed by atoms with Gasteiger partial charge in [0.15, 0.2) is 5.84 Å². The van der Waals surface area contributed by atoms with Gasteiger partial charge in [-0.3, -0.25) is 0 Å². The molecule has 0 aliphatic carbocycles. The zero-order valence-corrected chi connectivity index (χ0v) is 10.6. The lowest BCUT2D eigenvalue weighted by Gasteiger charge is -2.05. The van der Waals surface area contributed by atoms with Crippen LogP contribution in [0.15, 0.2) is 40.2 Å². The average molecular weight is 276 g/mol. The van der Waals surface area contributed by atoms with E-state index in [4.69, 9.17) is 14.9 Å². The molecule has 0 radical (unpaired) electrons. The Kier molecular flexibility index (Phi) is 4.28. The topological polar surface area (TPSA) is 113 Å². The van der Waals surface area contributed by atoms with Gasteiger partial charge in [0.25, 0.3) is 0 Å². The predicted octanol–water partition coefficient (Wildman–Crippen LogP) is 0.951. The Bertz CT molecular complexity index is 592. The number of aromatic nitrogens is 2. The fourth-order valence-electron chi connectivity index (χ4n) is 1.30. The van der Waals surface area contributed by atoms with Crippen molar-refractivity contribution in [2.45, 2.75) is 6.92 Å². The summed E-state index contributed by atoms with van der Waals surface area (Å²) in [5.41, 5.74) is 6.27. The van der Waals surface area contributed by atoms with Crippen molar-refractivity contribution >= 4 is 11.8 Å². The number of carbonyl (C=O) groups is 1. The summed E-state index contributed by atoms with van der Waals surface area (Å²) < 4.78 is 10.4. The summed E-state index contributed by atoms with van der Waals surface area (Å²) in [6.45, 7) is 1.24. The Morgan fingerprint density at radius 1 is 1.40 bits per heavy atom. The smallest absolute Gasteiger partial charge is 0.332 e. The third-order valence-electron chi connectivity index (χ3n) is 2.14. The van der Waals surface area contributed by atoms with E-state index in [-0.39, 0.29) is 12.4 Å². The van der Waals surface area contributed by atoms with Crippen molar-refractivity contribution in [1.82, 2.24) is 10.2 Å². The molecule has 8 nitrogen and oxygen atoms in total. The van der Waals surface area contributed by atoms with Crippen molar-refractivity contribution in [2.24, 2.45) is 10.9 Å². The summed E-state index contributed by atoms with van der Waals surface area (Å²) in [7, 11) is 0. The number of carbonyl (C=O) groups excluding carboxylic acids is 1. The molecule has 0 aliphatic heterocycles. The molecule has 0 aliphatic rings. The number of hydrogen-bond donors (Lipinski definition) is 1. The van der Waals surface area contributed by atoms with Crippen molar-refractivity contribution in [1.29, 1.82) is 0 Å². The first-order valence-electron chi connectivity index (χ1n) is 5.64. The molecule has 1 aromatic carbocycles. The van der Waals surface area contributed by atoms with Gasteiger partial charge in [0, 0.05) is 12.5 Å². The minimum Gasteiger partial charge on any atom is -0.486 e. The molecule has 8 heteroatoms. The lowest BCUT2D eigenvalue weighted by molar-refractivity contribution is -0.141. The van der Waals surface area contributed by atoms with Crippen LogP contribution in [-0.2, 0) is 9.63 Å². The monoisotopic (exact) mass is 276 g/mol. The number of benzene rings is 1. The molecule has 0 saturated heterocycles. The third kappa shape index (κ3) is 3.80. The van der Waals surface area contributed by atoms with Crippen molar-refractivity contribution in [3.63, 3.8) is 0 Å². The van der Waals surface area contributed by atoms with E-state index in [2.05, 4.69) is 20.2 Å². The van der Waals surface area contributed by atoms with Crippen molar-refractivity contribution in [3.05, 3.63) is 30.7 Å². The second-order valence-electron chi connectivity index (χ2n) is 3.72. The number of oxime groups is 1. The van der Waals surface area contributed by atoms with Gasteiger partial charge in [-0.2, -0.15) is 0 Å². The number of amidine groups is 1. The van der Waals surface area contributed by atoms with Crippen molar-refractivity contribution in [3.8, 4) is 17.2 Å². The SMILES string of the molecule is CC(=O)O/N=C(\N)COc1ccc(-c2nnco2)cc1. The zero-order valence-electron chi connectivity index (χ0n) is 10.6. The van der Waals surface area contributed by atoms with E-state index >= 15 is 0 Å². The predicted molar refractivity (Wildman–Crippen MR) is 68.6 cm³/mol. The summed E-state index contributed by atoms with van der Waals surface area (Å²) >= 11 is 0. The minimum absolute atomic E-state index is 0.00713. The average Bonchev–Trinajstić information content (AvgIpc) is 2.97. The Hall–Kier alpha value is -2.90. The van der Waals surface area contributed by atoms with Crippen LogP contribution in [0.4, 0.5) is 0 Å². The maximum absolute atomic E-state index is 10.5. The van der Waals surface area contributed by atoms with E-state index in [1.807, 2.05) is 0 Å². The van der Waals surface area contributed by atoms with E-state index in [0.717, 1.165) is 5.56 Å². The molecule has 2 aromatic rings. The summed E-state index contributed by atoms with van der Waals surface area (Å²) in [6, 6.07) is 6.97. The summed E-state index contributed by atoms with van der Waals surface area (Å²) in [5.74, 6) is 0.514. The molecule has 2 rings (SSSR count). The quantitative estimate of drug-likeness (QED) is 0.374. The van der Waals surface area contributed by atoms with Crippen molar-refractivity contribution in [2.75, 3.05) is 6.61 Å². The number of hydrogen-bond acceptors (Lipinski definition) is 7. The Morgan fingerprint density at radius 3 is 2.75 bits per heavy atom. The number of nitrogens with two attached hydrogens (primary N) is 1. The van der Waals surface area contributed by atoms with Gasteiger partial charge in [-0.25, -0.2) is 4.79 Å². The maximum atomic E-state index is 10.5. The molecule has 0 saturated carbocycles. The summed E-state index contributed by atoms with van der Waals surface area (Å²) in [6.07, 6.45) is 1.26. The van der Waals surface area contributed by atoms with Crippen molar-refractivity contribution < 1.29 is 18.8 Å². The van der Waals surface area contributed by atoms with E-state index in [0.29, 0.717) is 11.6 Å². The van der Waals surface area contributed by atoms with Crippen LogP contribution in [0.1, 0.15) is 6.92 Å². The van der Waals surface area contributed by atoms with E-state index in [1.165, 1.54) is 13.3 Å². The highest BCUT2D eigenvalue weighted by molar-refractivity contribution is 5.82. The highest BCUT2D eigenvalue weighted by Gasteiger charge is 2.04. The Balaban J connectivity index is 1.91. The molecule has 0 fully saturated rings. The third-order valence-corrected chi connectivity index (χ3v) is 2.14. The van der Waals surface area contributed by atoms with Gasteiger partial charge in [-0.05, 0) is 24.3 Å². The van der Waals surface area contributed by atoms with Crippen LogP contribution in [0.5, 0.6) is 5.75 Å². The summed E-state index contributed by atoms with van der Waals surface area (Å²) in [4.78, 5) is 14.9. The molecular formula is C12H12N4O4. The number of rotatable bonds is 5. The molecule has 0 bridgehead atoms. The molecule has 0 amide bonds. The standard InChI is InChI=1S/C12H12N4O4/c1-8(17)20-16-11(13)6-18-10-4-2-9(3-5-10)12-15-14-7-19-12/h2-5,7H,6H2,1H3,(H2,13,16). The van der Waals surface area contributed by atoms with E-state index < -0.39 is 5.97 Å². The van der Waals surface area contributed by atoms with Crippen LogP contribution < -0.4 is 10.5 Å². The molecule has 2 N–H and O–H groups in total. The zero-order chi connectivity index (χ0) is 14.4. The number of nitrogens with zero attached hydrogens (tertiary/aromatic N) is 3. The van der Waals surface area contributed by atoms with Gasteiger partial charge in [0.2, 0.25) is 12.3 Å². The van der Waals surface area contributed by atoms with Crippen LogP contribution in [0.2, 0.25) is 0 Å². The van der Waals surface area contributed by atoms with Crippen LogP contribution in [0.3, 0.4) is 0 Å². The van der Waals surface area contributed by atoms with Gasteiger partial charge in [0.05, 0.1) is 0 Å². The fourth-order valence-corrected chi connectivity index (χ4v) is 1.30. The van der Waals surface area contributed by atoms with Gasteiger partial charge >= 0.3 is 5.97 Å². The lowest BCUT2D eigenvalue weighted by atomic mass is 10.2. The lowest BCUT2D eigenvalue weighted by Crippen LogP contribution is -2.21. The molecular weight excluding hydrogens is 264 g/mol. The van der Waals surface area contributed by atoms with Crippen LogP contribution in [0.25, 0.3) is 11.5 Å². The van der Waals surface area contributed by atoms with Crippen LogP contribution in [-0.4, -0.2) is 28.6 Å². The highest BCUT2D eigenvalue weighted by Crippen LogP contribution is 2.19. The van der Waals surface area contributed by atoms with Gasteiger partial charge < -0.3 is 19.7 Å². The second-order valence-corrected chi connectivity index (χ2v) is 3.72. The van der Waals surface area contributed by atoms with E-state index in [9.17, 15) is 4.79 Å². The maximum Gasteiger partial charge on any atom is 0.332 e. The first-order chi connectivity index (χ1) is 9.65. The Morgan fingerprint density at radius 2 is 2.15 bits per heavy atom. The van der Waals surface area contributed by atoms with Crippen LogP contribution >= 0.6 is 0 Å². The normalized spacial score (nSPS) is 11.2. The molecule has 1 aromatic heterocycles. The first-order valence-corrected chi connectivity index (χ1v) is 5.64. The molecule has 0 atom stereocenters. The second kappa shape index (κ2) is 6.32. The first kappa shape index (κ1) is 13.5. The van der Waals surface area contributed by atoms with Gasteiger partial charge in [-0.15, -0.1) is 10.2 Å². The Labute approximate surface area is 114 Å². The highest BCUT2D eigenvalue weighted by atomic mass is 16.7. The van der Waals surface area contributed by atoms with Gasteiger partial charge in [0.1, 0.15) is 12.4 Å². The molecule has 1 heterocycles. The molecule has 20 heavy (non-hydrogen) atoms. The molecule has 0 spiro atoms. The summed E-state index contributed by atoms with van der Waals surface area (Å²) in [5, 5.41) is 10.8. The molecule has 0 unspecified atom stereocenters. The molecule has 104 valence electrons. The largest absolute Gasteiger partial charge is 0.486 e. The minimum atomic E-state index is -0.545. The van der Waals surface area contributed by atoms with Gasteiger partial charge in [-0.1, -0.05) is 5.16 Å². The fraction of sp³-hybridized carbons (Fsp3) is 0.167. The van der Waals surface area contributed by atoms with Crippen LogP contribution in [0, 0.1) is 0 Å². The number of ether oxygens (including phenoxy) is 1. The van der Waals surface area contributed by atoms with E-state index in [1.54, 1.807) is 24.3 Å².